The lowest BCUT2D eigenvalue weighted by Gasteiger charge is -2.34. The monoisotopic (exact) mass is 499 g/mol. The summed E-state index contributed by atoms with van der Waals surface area (Å²) in [6.07, 6.45) is 7.45. The van der Waals surface area contributed by atoms with E-state index in [0.717, 1.165) is 21.8 Å². The van der Waals surface area contributed by atoms with Crippen molar-refractivity contribution < 1.29 is 9.59 Å². The van der Waals surface area contributed by atoms with Gasteiger partial charge in [0, 0.05) is 67.6 Å². The van der Waals surface area contributed by atoms with Gasteiger partial charge in [-0.05, 0) is 35.9 Å². The van der Waals surface area contributed by atoms with Crippen LogP contribution in [0.25, 0.3) is 10.6 Å². The van der Waals surface area contributed by atoms with Gasteiger partial charge >= 0.3 is 0 Å². The minimum absolute atomic E-state index is 0.0911. The van der Waals surface area contributed by atoms with Crippen LogP contribution in [0, 0.1) is 0 Å². The molecule has 4 aromatic rings. The number of nitrogens with one attached hydrogen (secondary N) is 1. The molecule has 5 rings (SSSR count). The topological polar surface area (TPSA) is 104 Å². The van der Waals surface area contributed by atoms with Crippen LogP contribution in [-0.4, -0.2) is 62.8 Å². The van der Waals surface area contributed by atoms with Crippen molar-refractivity contribution in [3.63, 3.8) is 0 Å². The third-order valence-electron chi connectivity index (χ3n) is 5.86. The van der Waals surface area contributed by atoms with Crippen molar-refractivity contribution in [3.05, 3.63) is 83.9 Å². The van der Waals surface area contributed by atoms with Crippen molar-refractivity contribution in [2.24, 2.45) is 0 Å². The van der Waals surface area contributed by atoms with Crippen LogP contribution in [0.5, 0.6) is 0 Å². The highest BCUT2D eigenvalue weighted by molar-refractivity contribution is 7.13. The molecule has 0 radical (unpaired) electrons. The van der Waals surface area contributed by atoms with Crippen molar-refractivity contribution in [2.45, 2.75) is 12.8 Å². The molecule has 4 heterocycles. The van der Waals surface area contributed by atoms with E-state index in [-0.39, 0.29) is 18.2 Å². The number of pyridine rings is 1. The number of nitrogens with zero attached hydrogens (tertiary/aromatic N) is 6. The Balaban J connectivity index is 1.09. The number of benzene rings is 1. The van der Waals surface area contributed by atoms with Crippen LogP contribution in [-0.2, 0) is 22.4 Å². The number of rotatable bonds is 7. The van der Waals surface area contributed by atoms with Crippen molar-refractivity contribution in [1.29, 1.82) is 0 Å². The lowest BCUT2D eigenvalue weighted by molar-refractivity contribution is -0.130. The first-order valence-corrected chi connectivity index (χ1v) is 12.6. The molecule has 1 fully saturated rings. The summed E-state index contributed by atoms with van der Waals surface area (Å²) in [7, 11) is 0. The molecule has 1 aliphatic heterocycles. The number of hydrogen-bond donors (Lipinski definition) is 1. The summed E-state index contributed by atoms with van der Waals surface area (Å²) in [6.45, 7) is 2.71. The van der Waals surface area contributed by atoms with E-state index in [9.17, 15) is 9.59 Å². The number of aromatic nitrogens is 4. The van der Waals surface area contributed by atoms with Gasteiger partial charge in [-0.1, -0.05) is 12.1 Å². The first-order chi connectivity index (χ1) is 17.6. The van der Waals surface area contributed by atoms with Gasteiger partial charge in [-0.15, -0.1) is 11.3 Å². The number of anilines is 2. The van der Waals surface area contributed by atoms with Gasteiger partial charge < -0.3 is 15.1 Å². The zero-order valence-corrected chi connectivity index (χ0v) is 20.4. The Morgan fingerprint density at radius 3 is 2.42 bits per heavy atom. The van der Waals surface area contributed by atoms with Crippen LogP contribution < -0.4 is 10.2 Å². The average molecular weight is 500 g/mol. The third kappa shape index (κ3) is 5.89. The molecule has 3 aromatic heterocycles. The van der Waals surface area contributed by atoms with E-state index in [1.54, 1.807) is 30.9 Å². The molecule has 0 aliphatic carbocycles. The van der Waals surface area contributed by atoms with E-state index in [1.807, 2.05) is 46.7 Å². The van der Waals surface area contributed by atoms with Gasteiger partial charge in [0.1, 0.15) is 5.01 Å². The van der Waals surface area contributed by atoms with Crippen molar-refractivity contribution in [1.82, 2.24) is 24.8 Å². The lowest BCUT2D eigenvalue weighted by atomic mass is 10.1. The number of amides is 2. The summed E-state index contributed by atoms with van der Waals surface area (Å²) in [5.41, 5.74) is 3.26. The Kier molecular flexibility index (Phi) is 7.23. The minimum atomic E-state index is -0.137. The summed E-state index contributed by atoms with van der Waals surface area (Å²) < 4.78 is 0. The van der Waals surface area contributed by atoms with Gasteiger partial charge in [-0.25, -0.2) is 15.0 Å². The highest BCUT2D eigenvalue weighted by Gasteiger charge is 2.22. The molecule has 1 N–H and O–H groups in total. The smallest absolute Gasteiger partial charge is 0.230 e. The Bertz CT molecular complexity index is 1310. The average Bonchev–Trinajstić information content (AvgIpc) is 3.39. The van der Waals surface area contributed by atoms with E-state index in [2.05, 4.69) is 30.2 Å². The van der Waals surface area contributed by atoms with Crippen LogP contribution in [0.4, 0.5) is 11.6 Å². The number of carbonyl (C=O) groups excluding carboxylic acids is 2. The fourth-order valence-corrected chi connectivity index (χ4v) is 4.79. The fourth-order valence-electron chi connectivity index (χ4n) is 3.98. The second-order valence-electron chi connectivity index (χ2n) is 8.40. The maximum Gasteiger partial charge on any atom is 0.230 e. The molecule has 2 amide bonds. The summed E-state index contributed by atoms with van der Waals surface area (Å²) in [6, 6.07) is 13.0. The van der Waals surface area contributed by atoms with Gasteiger partial charge in [-0.2, -0.15) is 0 Å². The maximum atomic E-state index is 12.8. The molecule has 0 unspecified atom stereocenters. The van der Waals surface area contributed by atoms with Gasteiger partial charge in [0.15, 0.2) is 0 Å². The van der Waals surface area contributed by atoms with Crippen LogP contribution >= 0.6 is 11.3 Å². The molecule has 0 bridgehead atoms. The highest BCUT2D eigenvalue weighted by atomic mass is 32.1. The Morgan fingerprint density at radius 2 is 1.69 bits per heavy atom. The molecule has 0 saturated carbocycles. The number of hydrogen-bond acceptors (Lipinski definition) is 8. The predicted molar refractivity (Wildman–Crippen MR) is 139 cm³/mol. The quantitative estimate of drug-likeness (QED) is 0.417. The van der Waals surface area contributed by atoms with Gasteiger partial charge in [0.05, 0.1) is 18.5 Å². The molecule has 0 spiro atoms. The SMILES string of the molecule is O=C(Cc1csc(-c2cccnc2)n1)Nc1ccc(CC(=O)N2CCN(c3ncccn3)CC2)cc1. The Morgan fingerprint density at radius 1 is 0.917 bits per heavy atom. The minimum Gasteiger partial charge on any atom is -0.339 e. The van der Waals surface area contributed by atoms with Crippen LogP contribution in [0.15, 0.2) is 72.6 Å². The number of piperazine rings is 1. The molecular weight excluding hydrogens is 474 g/mol. The Hall–Kier alpha value is -4.18. The summed E-state index contributed by atoms with van der Waals surface area (Å²) in [5.74, 6) is 0.654. The second kappa shape index (κ2) is 11.0. The maximum absolute atomic E-state index is 12.8. The van der Waals surface area contributed by atoms with Crippen LogP contribution in [0.2, 0.25) is 0 Å². The van der Waals surface area contributed by atoms with Crippen LogP contribution in [0.3, 0.4) is 0 Å². The van der Waals surface area contributed by atoms with E-state index in [1.165, 1.54) is 11.3 Å². The normalized spacial score (nSPS) is 13.4. The number of thiazole rings is 1. The van der Waals surface area contributed by atoms with E-state index in [0.29, 0.717) is 44.2 Å². The second-order valence-corrected chi connectivity index (χ2v) is 9.26. The molecule has 1 aliphatic rings. The summed E-state index contributed by atoms with van der Waals surface area (Å²) >= 11 is 1.49. The molecular formula is C26H25N7O2S. The molecule has 9 nitrogen and oxygen atoms in total. The molecule has 1 saturated heterocycles. The molecule has 182 valence electrons. The van der Waals surface area contributed by atoms with Gasteiger partial charge in [0.25, 0.3) is 0 Å². The molecule has 10 heteroatoms. The largest absolute Gasteiger partial charge is 0.339 e. The summed E-state index contributed by atoms with van der Waals surface area (Å²) in [5, 5.41) is 5.64. The van der Waals surface area contributed by atoms with Crippen LogP contribution in [0.1, 0.15) is 11.3 Å². The van der Waals surface area contributed by atoms with Gasteiger partial charge in [0.2, 0.25) is 17.8 Å². The first kappa shape index (κ1) is 23.6. The molecule has 1 aromatic carbocycles. The van der Waals surface area contributed by atoms with E-state index >= 15 is 0 Å². The standard InChI is InChI=1S/C26H25N7O2S/c34-23(16-22-18-36-25(31-22)20-3-1-8-27-17-20)30-21-6-4-19(5-7-21)15-24(35)32-11-13-33(14-12-32)26-28-9-2-10-29-26/h1-10,17-18H,11-16H2,(H,30,34). The molecule has 36 heavy (non-hydrogen) atoms. The lowest BCUT2D eigenvalue weighted by Crippen LogP contribution is -2.49. The zero-order valence-electron chi connectivity index (χ0n) is 19.6. The molecule has 0 atom stereocenters. The van der Waals surface area contributed by atoms with E-state index < -0.39 is 0 Å². The first-order valence-electron chi connectivity index (χ1n) is 11.7. The van der Waals surface area contributed by atoms with Gasteiger partial charge in [-0.3, -0.25) is 14.6 Å². The summed E-state index contributed by atoms with van der Waals surface area (Å²) in [4.78, 5) is 46.5. The fraction of sp³-hybridized carbons (Fsp3) is 0.231. The van der Waals surface area contributed by atoms with E-state index in [4.69, 9.17) is 0 Å². The predicted octanol–water partition coefficient (Wildman–Crippen LogP) is 3.07. The van der Waals surface area contributed by atoms with Crippen molar-refractivity contribution in [3.8, 4) is 10.6 Å². The van der Waals surface area contributed by atoms with Crippen molar-refractivity contribution >= 4 is 34.8 Å². The highest BCUT2D eigenvalue weighted by Crippen LogP contribution is 2.23. The number of carbonyl (C=O) groups is 2. The Labute approximate surface area is 212 Å². The zero-order chi connectivity index (χ0) is 24.7. The third-order valence-corrected chi connectivity index (χ3v) is 6.80. The van der Waals surface area contributed by atoms with Crippen molar-refractivity contribution in [2.75, 3.05) is 36.4 Å².